The summed E-state index contributed by atoms with van der Waals surface area (Å²) < 4.78 is 56.4. The number of hydrogen-bond donors (Lipinski definition) is 4. The maximum Gasteiger partial charge on any atom is 0.405 e. The molecule has 0 spiro atoms. The van der Waals surface area contributed by atoms with E-state index in [4.69, 9.17) is 25.2 Å². The number of para-hydroxylation sites is 1. The van der Waals surface area contributed by atoms with E-state index < -0.39 is 42.6 Å². The lowest BCUT2D eigenvalue weighted by Gasteiger charge is -2.41. The molecule has 4 aromatic rings. The lowest BCUT2D eigenvalue weighted by molar-refractivity contribution is -0.143. The second-order valence-corrected chi connectivity index (χ2v) is 13.4. The molecule has 4 heterocycles. The second kappa shape index (κ2) is 16.4. The van der Waals surface area contributed by atoms with Crippen LogP contribution in [0.3, 0.4) is 0 Å². The van der Waals surface area contributed by atoms with Gasteiger partial charge in [-0.05, 0) is 55.0 Å². The second-order valence-electron chi connectivity index (χ2n) is 13.0. The molecule has 2 aromatic carbocycles. The molecule has 17 heteroatoms. The molecule has 2 amide bonds. The minimum atomic E-state index is -4.62. The van der Waals surface area contributed by atoms with Crippen LogP contribution in [0.2, 0.25) is 5.02 Å². The van der Waals surface area contributed by atoms with Crippen molar-refractivity contribution < 1.29 is 46.5 Å². The minimum Gasteiger partial charge on any atom is -0.507 e. The maximum absolute atomic E-state index is 13.8. The Morgan fingerprint density at radius 1 is 1.06 bits per heavy atom. The Morgan fingerprint density at radius 3 is 2.57 bits per heavy atom. The third-order valence-electron chi connectivity index (χ3n) is 8.93. The average Bonchev–Trinajstić information content (AvgIpc) is 3.77. The number of furan rings is 1. The van der Waals surface area contributed by atoms with Crippen molar-refractivity contribution in [2.75, 3.05) is 39.3 Å². The molecule has 0 saturated carbocycles. The minimum absolute atomic E-state index is 0.0491. The van der Waals surface area contributed by atoms with E-state index in [1.807, 2.05) is 22.3 Å². The highest BCUT2D eigenvalue weighted by atomic mass is 35.5. The standard InChI is InChI=1S/C36H38ClF3N6O7/c1-21-43-44-32(52-21)15-23(34(49)42-33-27-4-2-3-5-31(27)51-19-29(33)48)14-25(47)16-46-13-12-45(18-28(46)35(50)41-20-36(38,39)40)17-26-10-11-30(53-26)22-6-8-24(37)9-7-22/h2-11,23,25,28,47-48H,12-20H2,1H3,(H,41,50)(H,42,49)/t23-,25-,28-/m0/s1. The fourth-order valence-corrected chi connectivity index (χ4v) is 6.50. The van der Waals surface area contributed by atoms with Gasteiger partial charge < -0.3 is 34.4 Å². The van der Waals surface area contributed by atoms with E-state index in [2.05, 4.69) is 15.5 Å². The van der Waals surface area contributed by atoms with Crippen molar-refractivity contribution in [3.63, 3.8) is 0 Å². The van der Waals surface area contributed by atoms with Crippen LogP contribution in [0, 0.1) is 12.8 Å². The van der Waals surface area contributed by atoms with Crippen molar-refractivity contribution in [1.82, 2.24) is 30.6 Å². The van der Waals surface area contributed by atoms with Gasteiger partial charge in [0.05, 0.1) is 18.3 Å². The number of carbonyl (C=O) groups is 2. The van der Waals surface area contributed by atoms with Gasteiger partial charge in [0.25, 0.3) is 0 Å². The van der Waals surface area contributed by atoms with Gasteiger partial charge in [-0.3, -0.25) is 19.4 Å². The monoisotopic (exact) mass is 758 g/mol. The fraction of sp³-hybridized carbons (Fsp3) is 0.389. The fourth-order valence-electron chi connectivity index (χ4n) is 6.37. The predicted molar refractivity (Wildman–Crippen MR) is 185 cm³/mol. The van der Waals surface area contributed by atoms with Gasteiger partial charge in [0.2, 0.25) is 23.6 Å². The van der Waals surface area contributed by atoms with Gasteiger partial charge in [0.1, 0.15) is 36.5 Å². The zero-order chi connectivity index (χ0) is 37.7. The summed E-state index contributed by atoms with van der Waals surface area (Å²) in [5.74, 6) is -0.450. The summed E-state index contributed by atoms with van der Waals surface area (Å²) in [5, 5.41) is 35.2. The molecule has 282 valence electrons. The molecular weight excluding hydrogens is 721 g/mol. The number of ether oxygens (including phenoxy) is 1. The SMILES string of the molecule is Cc1nnc(C[C@H](C[C@H](O)CN2CCN(Cc3ccc(-c4ccc(Cl)cc4)o3)C[C@H]2C(=O)NCC(F)(F)F)C(=O)NC2=C(O)COc3ccccc32)o1. The molecule has 3 atom stereocenters. The number of aliphatic hydroxyl groups excluding tert-OH is 2. The molecule has 1 saturated heterocycles. The quantitative estimate of drug-likeness (QED) is 0.152. The summed E-state index contributed by atoms with van der Waals surface area (Å²) in [6.45, 7) is 0.770. The summed E-state index contributed by atoms with van der Waals surface area (Å²) >= 11 is 6.00. The number of nitrogens with one attached hydrogen (secondary N) is 2. The smallest absolute Gasteiger partial charge is 0.405 e. The molecule has 2 aliphatic rings. The number of halogens is 4. The first-order valence-electron chi connectivity index (χ1n) is 16.9. The molecule has 2 aliphatic heterocycles. The van der Waals surface area contributed by atoms with Crippen LogP contribution < -0.4 is 15.4 Å². The number of benzene rings is 2. The Morgan fingerprint density at radius 2 is 1.83 bits per heavy atom. The number of nitrogens with zero attached hydrogens (tertiary/aromatic N) is 4. The number of rotatable bonds is 13. The van der Waals surface area contributed by atoms with Crippen LogP contribution in [0.5, 0.6) is 5.75 Å². The highest BCUT2D eigenvalue weighted by molar-refractivity contribution is 6.30. The number of hydrogen-bond acceptors (Lipinski definition) is 11. The third kappa shape index (κ3) is 9.95. The summed E-state index contributed by atoms with van der Waals surface area (Å²) in [6, 6.07) is 16.5. The highest BCUT2D eigenvalue weighted by Crippen LogP contribution is 2.31. The summed E-state index contributed by atoms with van der Waals surface area (Å²) in [4.78, 5) is 30.5. The van der Waals surface area contributed by atoms with E-state index in [0.29, 0.717) is 34.4 Å². The molecule has 0 bridgehead atoms. The van der Waals surface area contributed by atoms with Crippen LogP contribution in [-0.4, -0.2) is 99.7 Å². The Kier molecular flexibility index (Phi) is 11.7. The normalized spacial score (nSPS) is 17.9. The number of carbonyl (C=O) groups excluding carboxylic acids is 2. The van der Waals surface area contributed by atoms with E-state index in [9.17, 15) is 33.0 Å². The number of aryl methyl sites for hydroxylation is 1. The van der Waals surface area contributed by atoms with Gasteiger partial charge in [-0.1, -0.05) is 23.7 Å². The van der Waals surface area contributed by atoms with Crippen LogP contribution in [0.4, 0.5) is 13.2 Å². The molecule has 2 aromatic heterocycles. The van der Waals surface area contributed by atoms with E-state index >= 15 is 0 Å². The molecular formula is C36H38ClF3N6O7. The molecule has 13 nitrogen and oxygen atoms in total. The van der Waals surface area contributed by atoms with Crippen molar-refractivity contribution in [3.8, 4) is 17.1 Å². The number of aromatic nitrogens is 2. The summed E-state index contributed by atoms with van der Waals surface area (Å²) in [6.07, 6.45) is -6.03. The molecule has 4 N–H and O–H groups in total. The maximum atomic E-state index is 13.8. The highest BCUT2D eigenvalue weighted by Gasteiger charge is 2.37. The number of fused-ring (bicyclic) bond motifs is 1. The first-order valence-corrected chi connectivity index (χ1v) is 17.3. The van der Waals surface area contributed by atoms with Crippen molar-refractivity contribution in [3.05, 3.63) is 94.6 Å². The lowest BCUT2D eigenvalue weighted by Crippen LogP contribution is -2.60. The van der Waals surface area contributed by atoms with Gasteiger partial charge in [-0.25, -0.2) is 0 Å². The number of alkyl halides is 3. The van der Waals surface area contributed by atoms with Crippen LogP contribution in [0.25, 0.3) is 17.0 Å². The number of aliphatic hydroxyl groups is 2. The largest absolute Gasteiger partial charge is 0.507 e. The lowest BCUT2D eigenvalue weighted by atomic mass is 9.95. The van der Waals surface area contributed by atoms with Gasteiger partial charge in [-0.15, -0.1) is 10.2 Å². The number of β-amino-alcohol motifs (C(OH)–C–C–N with tert-alkyl or cyclic N) is 1. The Hall–Kier alpha value is -4.90. The average molecular weight is 759 g/mol. The summed E-state index contributed by atoms with van der Waals surface area (Å²) in [5.41, 5.74) is 1.45. The first kappa shape index (κ1) is 37.8. The molecule has 1 fully saturated rings. The van der Waals surface area contributed by atoms with Crippen LogP contribution in [-0.2, 0) is 22.6 Å². The zero-order valence-corrected chi connectivity index (χ0v) is 29.4. The Balaban J connectivity index is 1.15. The third-order valence-corrected chi connectivity index (χ3v) is 9.18. The van der Waals surface area contributed by atoms with E-state index in [1.54, 1.807) is 60.4 Å². The topological polar surface area (TPSA) is 166 Å². The number of amides is 2. The molecule has 53 heavy (non-hydrogen) atoms. The van der Waals surface area contributed by atoms with E-state index in [0.717, 1.165) is 5.56 Å². The first-order chi connectivity index (χ1) is 25.3. The molecule has 0 aliphatic carbocycles. The van der Waals surface area contributed by atoms with Gasteiger partial charge in [0, 0.05) is 61.6 Å². The van der Waals surface area contributed by atoms with Crippen LogP contribution in [0.1, 0.15) is 29.5 Å². The van der Waals surface area contributed by atoms with Gasteiger partial charge in [0.15, 0.2) is 5.76 Å². The number of piperazine rings is 1. The van der Waals surface area contributed by atoms with Crippen molar-refractivity contribution in [2.45, 2.75) is 44.6 Å². The Labute approximate surface area is 307 Å². The molecule has 6 rings (SSSR count). The molecule has 0 radical (unpaired) electrons. The summed E-state index contributed by atoms with van der Waals surface area (Å²) in [7, 11) is 0. The van der Waals surface area contributed by atoms with E-state index in [-0.39, 0.29) is 68.9 Å². The Bertz CT molecular complexity index is 1930. The van der Waals surface area contributed by atoms with Crippen LogP contribution in [0.15, 0.2) is 75.3 Å². The predicted octanol–water partition coefficient (Wildman–Crippen LogP) is 4.50. The van der Waals surface area contributed by atoms with Crippen LogP contribution >= 0.6 is 11.6 Å². The van der Waals surface area contributed by atoms with E-state index in [1.165, 1.54) is 0 Å². The van der Waals surface area contributed by atoms with Crippen molar-refractivity contribution in [2.24, 2.45) is 5.92 Å². The van der Waals surface area contributed by atoms with Gasteiger partial charge >= 0.3 is 6.18 Å². The van der Waals surface area contributed by atoms with Crippen molar-refractivity contribution in [1.29, 1.82) is 0 Å². The van der Waals surface area contributed by atoms with Crippen molar-refractivity contribution >= 4 is 29.1 Å². The van der Waals surface area contributed by atoms with Gasteiger partial charge in [-0.2, -0.15) is 13.2 Å². The molecule has 0 unspecified atom stereocenters. The zero-order valence-electron chi connectivity index (χ0n) is 28.6.